The molecular formula is C51H62N6O9SSi2+. The molecule has 7 heterocycles. The summed E-state index contributed by atoms with van der Waals surface area (Å²) in [6.07, 6.45) is 5.36. The molecule has 4 unspecified atom stereocenters. The second-order valence-electron chi connectivity index (χ2n) is 20.3. The van der Waals surface area contributed by atoms with Crippen molar-refractivity contribution in [1.82, 2.24) is 24.1 Å². The number of rotatable bonds is 10. The molecule has 5 aliphatic heterocycles. The highest BCUT2D eigenvalue weighted by Gasteiger charge is 2.67. The number of nitrogens with zero attached hydrogens (tertiary/aromatic N) is 6. The molecular weight excluding hydrogens is 929 g/mol. The first-order chi connectivity index (χ1) is 33.0. The fraction of sp³-hybridized carbons (Fsp3) is 0.549. The molecule has 1 N–H and O–H groups in total. The van der Waals surface area contributed by atoms with Crippen LogP contribution in [-0.2, 0) is 69.9 Å². The zero-order valence-electron chi connectivity index (χ0n) is 40.5. The number of hydrogen-bond acceptors (Lipinski definition) is 12. The number of hydrogen-bond donors (Lipinski definition) is 1. The molecule has 69 heavy (non-hydrogen) atoms. The van der Waals surface area contributed by atoms with Gasteiger partial charge in [0.1, 0.15) is 17.0 Å². The molecule has 3 amide bonds. The van der Waals surface area contributed by atoms with Gasteiger partial charge in [-0.1, -0.05) is 43.8 Å². The van der Waals surface area contributed by atoms with E-state index < -0.39 is 46.3 Å². The molecule has 6 bridgehead atoms. The van der Waals surface area contributed by atoms with E-state index in [1.165, 1.54) is 4.90 Å². The molecule has 15 nitrogen and oxygen atoms in total. The normalized spacial score (nSPS) is 26.6. The van der Waals surface area contributed by atoms with Crippen LogP contribution in [0.15, 0.2) is 54.7 Å². The van der Waals surface area contributed by atoms with Crippen LogP contribution in [0.5, 0.6) is 5.75 Å². The van der Waals surface area contributed by atoms with Crippen LogP contribution >= 0.6 is 0 Å². The van der Waals surface area contributed by atoms with Crippen LogP contribution < -0.4 is 0 Å². The lowest BCUT2D eigenvalue weighted by molar-refractivity contribution is -0.454. The zero-order valence-corrected chi connectivity index (χ0v) is 43.3. The summed E-state index contributed by atoms with van der Waals surface area (Å²) in [6, 6.07) is 13.2. The third kappa shape index (κ3) is 9.26. The van der Waals surface area contributed by atoms with Gasteiger partial charge in [0, 0.05) is 68.4 Å². The minimum Gasteiger partial charge on any atom is -0.508 e. The van der Waals surface area contributed by atoms with Crippen molar-refractivity contribution in [3.63, 3.8) is 0 Å². The molecule has 0 aliphatic carbocycles. The largest absolute Gasteiger partial charge is 0.508 e. The predicted molar refractivity (Wildman–Crippen MR) is 262 cm³/mol. The summed E-state index contributed by atoms with van der Waals surface area (Å²) in [7, 11) is 6.93. The Labute approximate surface area is 415 Å². The van der Waals surface area contributed by atoms with Gasteiger partial charge in [-0.25, -0.2) is 9.47 Å². The monoisotopic (exact) mass is 990 g/mol. The Morgan fingerprint density at radius 3 is 2.61 bits per heavy atom. The number of carbonyl (C=O) groups excluding carboxylic acids is 4. The number of phenols is 1. The fourth-order valence-electron chi connectivity index (χ4n) is 11.1. The van der Waals surface area contributed by atoms with E-state index in [1.54, 1.807) is 42.2 Å². The highest BCUT2D eigenvalue weighted by molar-refractivity contribution is 7.44. The quantitative estimate of drug-likeness (QED) is 0.0912. The average Bonchev–Trinajstić information content (AvgIpc) is 3.64. The SMILES string of the molecule is CCn1c(-c2cccnc2[C@H]([Si])OC)c2c3cc(ccc31)-c1cc(O)cc(c1)C[C@H]([N+](=S)C(=O)[C@H](C(C)C)N(C)C(=O)C1CCC(C3CCCO3)O1)C(=O)N1CCC[C@]3([Si]N13)C(=O)OCC(C)(C)C2. The molecule has 4 fully saturated rings. The Morgan fingerprint density at radius 1 is 1.09 bits per heavy atom. The predicted octanol–water partition coefficient (Wildman–Crippen LogP) is 5.59. The summed E-state index contributed by atoms with van der Waals surface area (Å²) in [6.45, 7) is 11.8. The molecule has 4 saturated heterocycles. The van der Waals surface area contributed by atoms with Crippen LogP contribution in [0.25, 0.3) is 33.3 Å². The van der Waals surface area contributed by atoms with Crippen molar-refractivity contribution in [1.29, 1.82) is 0 Å². The lowest BCUT2D eigenvalue weighted by atomic mass is 9.84. The molecule has 2 aromatic heterocycles. The summed E-state index contributed by atoms with van der Waals surface area (Å²) >= 11 is 6.05. The molecule has 0 spiro atoms. The summed E-state index contributed by atoms with van der Waals surface area (Å²) < 4.78 is 29.3. The van der Waals surface area contributed by atoms with Gasteiger partial charge < -0.3 is 33.5 Å². The first-order valence-electron chi connectivity index (χ1n) is 24.2. The Kier molecular flexibility index (Phi) is 13.9. The first kappa shape index (κ1) is 49.3. The number of aryl methyl sites for hydroxylation is 1. The number of methoxy groups -OCH3 is 1. The molecule has 5 aliphatic rings. The van der Waals surface area contributed by atoms with Crippen molar-refractivity contribution in [2.45, 2.75) is 134 Å². The van der Waals surface area contributed by atoms with E-state index >= 15 is 4.79 Å². The minimum atomic E-state index is -1.25. The third-order valence-electron chi connectivity index (χ3n) is 14.5. The number of cyclic esters (lactones) is 1. The number of benzene rings is 2. The number of pyridine rings is 1. The average molecular weight is 991 g/mol. The van der Waals surface area contributed by atoms with E-state index in [1.807, 2.05) is 32.0 Å². The molecule has 5 radical (unpaired) electrons. The lowest BCUT2D eigenvalue weighted by Crippen LogP contribution is -2.57. The molecule has 2 aromatic carbocycles. The maximum absolute atomic E-state index is 15.2. The fourth-order valence-corrected chi connectivity index (χ4v) is 13.0. The van der Waals surface area contributed by atoms with E-state index in [9.17, 15) is 19.5 Å². The van der Waals surface area contributed by atoms with Crippen LogP contribution in [0.1, 0.15) is 95.7 Å². The zero-order chi connectivity index (χ0) is 49.1. The second kappa shape index (κ2) is 19.5. The molecule has 4 aromatic rings. The van der Waals surface area contributed by atoms with Crippen LogP contribution in [-0.4, -0.2) is 146 Å². The van der Waals surface area contributed by atoms with E-state index in [-0.39, 0.29) is 58.5 Å². The molecule has 0 saturated carbocycles. The summed E-state index contributed by atoms with van der Waals surface area (Å²) in [5.41, 5.74) is 5.74. The topological polar surface area (TPSA) is 156 Å². The number of ether oxygens (including phenoxy) is 4. The van der Waals surface area contributed by atoms with E-state index in [4.69, 9.17) is 36.4 Å². The Bertz CT molecular complexity index is 2690. The number of hydrazine groups is 1. The molecule has 18 heteroatoms. The summed E-state index contributed by atoms with van der Waals surface area (Å²) in [5, 5.41) is 13.0. The van der Waals surface area contributed by atoms with Crippen molar-refractivity contribution in [3.8, 4) is 28.1 Å². The van der Waals surface area contributed by atoms with E-state index in [0.29, 0.717) is 62.9 Å². The van der Waals surface area contributed by atoms with Gasteiger partial charge >= 0.3 is 17.8 Å². The Hall–Kier alpha value is -4.70. The Morgan fingerprint density at radius 2 is 1.88 bits per heavy atom. The van der Waals surface area contributed by atoms with Crippen LogP contribution in [0.3, 0.4) is 0 Å². The lowest BCUT2D eigenvalue weighted by Gasteiger charge is -2.35. The van der Waals surface area contributed by atoms with Crippen LogP contribution in [0.4, 0.5) is 0 Å². The van der Waals surface area contributed by atoms with Gasteiger partial charge in [-0.3, -0.25) is 24.4 Å². The number of esters is 1. The van der Waals surface area contributed by atoms with Gasteiger partial charge in [0.15, 0.2) is 6.04 Å². The van der Waals surface area contributed by atoms with E-state index in [0.717, 1.165) is 55.8 Å². The number of likely N-dealkylation sites (N-methyl/N-ethyl adjacent to an activating group) is 1. The van der Waals surface area contributed by atoms with Crippen molar-refractivity contribution in [3.05, 3.63) is 71.5 Å². The van der Waals surface area contributed by atoms with Gasteiger partial charge in [0.2, 0.25) is 9.68 Å². The van der Waals surface area contributed by atoms with Gasteiger partial charge in [-0.15, -0.1) is 0 Å². The van der Waals surface area contributed by atoms with Crippen LogP contribution in [0.2, 0.25) is 0 Å². The second-order valence-corrected chi connectivity index (χ2v) is 22.7. The summed E-state index contributed by atoms with van der Waals surface area (Å²) in [4.78, 5) is 64.8. The van der Waals surface area contributed by atoms with Gasteiger partial charge in [-0.05, 0) is 116 Å². The number of carbonyl (C=O) groups is 4. The van der Waals surface area contributed by atoms with E-state index in [2.05, 4.69) is 53.8 Å². The van der Waals surface area contributed by atoms with Crippen molar-refractivity contribution in [2.24, 2.45) is 11.3 Å². The molecule has 9 rings (SSSR count). The van der Waals surface area contributed by atoms with Gasteiger partial charge in [0.25, 0.3) is 24.4 Å². The number of amides is 3. The number of fused-ring (bicyclic) bond motifs is 4. The number of phenolic OH excluding ortho intramolecular Hbond substituents is 1. The maximum Gasteiger partial charge on any atom is 0.424 e. The molecule has 363 valence electrons. The first-order valence-corrected chi connectivity index (χ1v) is 26.1. The minimum absolute atomic E-state index is 0.0169. The standard InChI is InChI=1S/C51H61N6O9SSi2/c1-8-54-37-15-14-31-26-35(37)36(44(54)34-12-9-19-52-42(34)48(68)63-7)27-50(4,5)28-65-49(62)51-18-11-20-55(57(51)69-51)45(59)38(24-30-22-32(31)25-33(58)23-30)56(67)47(61)43(29(2)3)53(6)46(60)41-17-16-40(66-41)39-13-10-21-64-39/h9,12,14-15,19,22-23,25-26,29,38-41,43,48H,8,10-11,13,16-18,20-21,24,27-28H2,1-7H3/p+1/t38-,39?,40?,41?,43-,48-,51-,57?/m0/s1. The highest BCUT2D eigenvalue weighted by Crippen LogP contribution is 2.45. The van der Waals surface area contributed by atoms with Crippen molar-refractivity contribution in [2.75, 3.05) is 33.9 Å². The van der Waals surface area contributed by atoms with Crippen molar-refractivity contribution >= 4 is 66.9 Å². The van der Waals surface area contributed by atoms with Crippen molar-refractivity contribution < 1.29 is 47.2 Å². The number of aromatic hydroxyl groups is 1. The smallest absolute Gasteiger partial charge is 0.424 e. The van der Waals surface area contributed by atoms with Gasteiger partial charge in [0.05, 0.1) is 46.2 Å². The van der Waals surface area contributed by atoms with Crippen LogP contribution in [0, 0.1) is 11.3 Å². The third-order valence-corrected chi connectivity index (χ3v) is 17.1. The number of aromatic nitrogens is 2. The maximum atomic E-state index is 15.2. The molecule has 8 atom stereocenters. The van der Waals surface area contributed by atoms with Gasteiger partial charge in [-0.2, -0.15) is 0 Å². The highest BCUT2D eigenvalue weighted by atomic mass is 32.1. The summed E-state index contributed by atoms with van der Waals surface area (Å²) in [5.74, 6) is -2.13. The Balaban J connectivity index is 1.12.